The van der Waals surface area contributed by atoms with Gasteiger partial charge in [-0.1, -0.05) is 91.0 Å². The summed E-state index contributed by atoms with van der Waals surface area (Å²) in [5.74, 6) is -0.315. The van der Waals surface area contributed by atoms with Gasteiger partial charge in [-0.25, -0.2) is 4.79 Å². The van der Waals surface area contributed by atoms with Crippen LogP contribution in [0, 0.1) is 5.92 Å². The zero-order chi connectivity index (χ0) is 25.5. The highest BCUT2D eigenvalue weighted by Crippen LogP contribution is 2.33. The first-order valence-corrected chi connectivity index (χ1v) is 13.3. The third-order valence-electron chi connectivity index (χ3n) is 7.63. The standard InChI is InChI=1S/C32H36N2O3.2ClH/c35-31(37-24-26-17-21-34(22-18-26)23-25-7-3-1-4-8-25)32(36,29-9-5-2-6-10-29)30-13-11-27(12-14-30)28-15-19-33-20-16-28;;/h1-15,26,33,36H,16-24H2;2*1H/t32-;;/m0../s1. The van der Waals surface area contributed by atoms with Gasteiger partial charge in [-0.3, -0.25) is 4.90 Å². The molecule has 0 bridgehead atoms. The van der Waals surface area contributed by atoms with Gasteiger partial charge in [0.25, 0.3) is 0 Å². The number of esters is 1. The third kappa shape index (κ3) is 7.50. The van der Waals surface area contributed by atoms with Crippen LogP contribution in [0.15, 0.2) is 91.0 Å². The van der Waals surface area contributed by atoms with Crippen molar-refractivity contribution >= 4 is 36.4 Å². The zero-order valence-corrected chi connectivity index (χ0v) is 23.8. The number of nitrogens with one attached hydrogen (secondary N) is 1. The first-order chi connectivity index (χ1) is 18.1. The summed E-state index contributed by atoms with van der Waals surface area (Å²) in [5, 5.41) is 15.2. The van der Waals surface area contributed by atoms with Crippen LogP contribution in [0.25, 0.3) is 5.57 Å². The number of nitrogens with zero attached hydrogens (tertiary/aromatic N) is 1. The molecule has 0 unspecified atom stereocenters. The van der Waals surface area contributed by atoms with Crippen LogP contribution in [0.3, 0.4) is 0 Å². The van der Waals surface area contributed by atoms with E-state index in [1.165, 1.54) is 11.1 Å². The Bertz CT molecular complexity index is 1200. The zero-order valence-electron chi connectivity index (χ0n) is 22.1. The summed E-state index contributed by atoms with van der Waals surface area (Å²) in [5.41, 5.74) is 2.93. The summed E-state index contributed by atoms with van der Waals surface area (Å²) in [6, 6.07) is 27.3. The minimum Gasteiger partial charge on any atom is -0.463 e. The van der Waals surface area contributed by atoms with Crippen molar-refractivity contribution in [1.29, 1.82) is 0 Å². The van der Waals surface area contributed by atoms with Gasteiger partial charge in [-0.05, 0) is 72.6 Å². The fraction of sp³-hybridized carbons (Fsp3) is 0.344. The van der Waals surface area contributed by atoms with Gasteiger partial charge < -0.3 is 15.2 Å². The quantitative estimate of drug-likeness (QED) is 0.346. The predicted octanol–water partition coefficient (Wildman–Crippen LogP) is 5.60. The maximum atomic E-state index is 13.5. The normalized spacial score (nSPS) is 17.6. The first kappa shape index (κ1) is 30.9. The molecule has 5 nitrogen and oxygen atoms in total. The molecule has 0 spiro atoms. The number of hydrogen-bond acceptors (Lipinski definition) is 5. The molecule has 0 aromatic heterocycles. The van der Waals surface area contributed by atoms with Crippen LogP contribution in [0.2, 0.25) is 0 Å². The number of carbonyl (C=O) groups excluding carboxylic acids is 1. The number of carbonyl (C=O) groups is 1. The van der Waals surface area contributed by atoms with Crippen LogP contribution < -0.4 is 5.32 Å². The van der Waals surface area contributed by atoms with Crippen LogP contribution in [0.5, 0.6) is 0 Å². The lowest BCUT2D eigenvalue weighted by Crippen LogP contribution is -2.40. The maximum Gasteiger partial charge on any atom is 0.347 e. The van der Waals surface area contributed by atoms with E-state index >= 15 is 0 Å². The topological polar surface area (TPSA) is 61.8 Å². The van der Waals surface area contributed by atoms with E-state index in [4.69, 9.17) is 4.74 Å². The molecule has 2 aliphatic heterocycles. The first-order valence-electron chi connectivity index (χ1n) is 13.3. The van der Waals surface area contributed by atoms with Crippen molar-refractivity contribution in [3.05, 3.63) is 113 Å². The van der Waals surface area contributed by atoms with Crippen molar-refractivity contribution in [3.8, 4) is 0 Å². The van der Waals surface area contributed by atoms with Gasteiger partial charge in [-0.2, -0.15) is 0 Å². The van der Waals surface area contributed by atoms with E-state index in [9.17, 15) is 9.90 Å². The Balaban J connectivity index is 0.00000210. The van der Waals surface area contributed by atoms with Crippen LogP contribution in [0.1, 0.15) is 41.5 Å². The highest BCUT2D eigenvalue weighted by Gasteiger charge is 2.42. The molecular weight excluding hydrogens is 531 g/mol. The average molecular weight is 570 g/mol. The molecule has 0 amide bonds. The molecule has 3 aromatic carbocycles. The van der Waals surface area contributed by atoms with Gasteiger partial charge in [0.2, 0.25) is 5.60 Å². The molecule has 0 aliphatic carbocycles. The Hall–Kier alpha value is -2.67. The van der Waals surface area contributed by atoms with Crippen LogP contribution >= 0.6 is 24.8 Å². The lowest BCUT2D eigenvalue weighted by molar-refractivity contribution is -0.164. The minimum atomic E-state index is -1.85. The molecule has 7 heteroatoms. The third-order valence-corrected chi connectivity index (χ3v) is 7.63. The second-order valence-corrected chi connectivity index (χ2v) is 10.1. The minimum absolute atomic E-state index is 0. The molecule has 0 saturated carbocycles. The van der Waals surface area contributed by atoms with Crippen LogP contribution in [-0.2, 0) is 21.7 Å². The van der Waals surface area contributed by atoms with Gasteiger partial charge in [-0.15, -0.1) is 24.8 Å². The lowest BCUT2D eigenvalue weighted by Gasteiger charge is -2.33. The molecular formula is C32H38Cl2N2O3. The van der Waals surface area contributed by atoms with E-state index in [1.54, 1.807) is 12.1 Å². The number of piperidine rings is 1. The van der Waals surface area contributed by atoms with E-state index in [0.29, 0.717) is 23.7 Å². The second-order valence-electron chi connectivity index (χ2n) is 10.1. The summed E-state index contributed by atoms with van der Waals surface area (Å²) in [7, 11) is 0. The Morgan fingerprint density at radius 1 is 0.897 bits per heavy atom. The summed E-state index contributed by atoms with van der Waals surface area (Å²) in [6.07, 6.45) is 5.11. The summed E-state index contributed by atoms with van der Waals surface area (Å²) in [4.78, 5) is 16.0. The van der Waals surface area contributed by atoms with Crippen molar-refractivity contribution in [2.75, 3.05) is 32.8 Å². The van der Waals surface area contributed by atoms with Crippen molar-refractivity contribution in [2.24, 2.45) is 5.92 Å². The van der Waals surface area contributed by atoms with Crippen molar-refractivity contribution in [1.82, 2.24) is 10.2 Å². The summed E-state index contributed by atoms with van der Waals surface area (Å²) >= 11 is 0. The Kier molecular flexibility index (Phi) is 11.6. The average Bonchev–Trinajstić information content (AvgIpc) is 2.98. The Morgan fingerprint density at radius 2 is 1.51 bits per heavy atom. The molecule has 3 aromatic rings. The largest absolute Gasteiger partial charge is 0.463 e. The number of rotatable bonds is 8. The molecule has 1 atom stereocenters. The Labute approximate surface area is 244 Å². The number of hydrogen-bond donors (Lipinski definition) is 2. The van der Waals surface area contributed by atoms with E-state index in [2.05, 4.69) is 40.6 Å². The van der Waals surface area contributed by atoms with E-state index < -0.39 is 11.6 Å². The van der Waals surface area contributed by atoms with E-state index in [1.807, 2.05) is 48.5 Å². The number of aliphatic hydroxyl groups is 1. The van der Waals surface area contributed by atoms with Gasteiger partial charge >= 0.3 is 5.97 Å². The fourth-order valence-corrected chi connectivity index (χ4v) is 5.34. The van der Waals surface area contributed by atoms with Gasteiger partial charge in [0.05, 0.1) is 6.61 Å². The van der Waals surface area contributed by atoms with E-state index in [-0.39, 0.29) is 24.8 Å². The molecule has 1 saturated heterocycles. The fourth-order valence-electron chi connectivity index (χ4n) is 5.34. The van der Waals surface area contributed by atoms with E-state index in [0.717, 1.165) is 57.5 Å². The van der Waals surface area contributed by atoms with Gasteiger partial charge in [0.1, 0.15) is 0 Å². The van der Waals surface area contributed by atoms with Crippen LogP contribution in [0.4, 0.5) is 0 Å². The smallest absolute Gasteiger partial charge is 0.347 e. The highest BCUT2D eigenvalue weighted by atomic mass is 35.5. The van der Waals surface area contributed by atoms with Crippen molar-refractivity contribution in [3.63, 3.8) is 0 Å². The molecule has 2 aliphatic rings. The second kappa shape index (κ2) is 14.6. The highest BCUT2D eigenvalue weighted by molar-refractivity contribution is 5.86. The molecule has 0 radical (unpaired) electrons. The SMILES string of the molecule is Cl.Cl.O=C(OCC1CCN(Cc2ccccc2)CC1)[C@](O)(c1ccccc1)c1ccc(C2=CCNCC2)cc1. The number of ether oxygens (including phenoxy) is 1. The van der Waals surface area contributed by atoms with Gasteiger partial charge in [0, 0.05) is 13.1 Å². The molecule has 39 heavy (non-hydrogen) atoms. The number of benzene rings is 3. The maximum absolute atomic E-state index is 13.5. The molecule has 208 valence electrons. The molecule has 5 rings (SSSR count). The van der Waals surface area contributed by atoms with Crippen molar-refractivity contribution < 1.29 is 14.6 Å². The monoisotopic (exact) mass is 568 g/mol. The molecule has 2 heterocycles. The lowest BCUT2D eigenvalue weighted by atomic mass is 9.85. The Morgan fingerprint density at radius 3 is 2.13 bits per heavy atom. The molecule has 2 N–H and O–H groups in total. The van der Waals surface area contributed by atoms with Crippen LogP contribution in [-0.4, -0.2) is 48.8 Å². The number of halogens is 2. The number of likely N-dealkylation sites (tertiary alicyclic amines) is 1. The summed E-state index contributed by atoms with van der Waals surface area (Å²) < 4.78 is 5.83. The predicted molar refractivity (Wildman–Crippen MR) is 161 cm³/mol. The van der Waals surface area contributed by atoms with Gasteiger partial charge in [0.15, 0.2) is 0 Å². The summed E-state index contributed by atoms with van der Waals surface area (Å²) in [6.45, 7) is 5.05. The van der Waals surface area contributed by atoms with Crippen molar-refractivity contribution in [2.45, 2.75) is 31.4 Å². The molecule has 1 fully saturated rings.